The minimum absolute atomic E-state index is 0.00372. The molecule has 1 aliphatic carbocycles. The lowest BCUT2D eigenvalue weighted by molar-refractivity contribution is 0.246. The van der Waals surface area contributed by atoms with E-state index in [1.165, 1.54) is 10.6 Å². The number of aromatic nitrogens is 2. The third-order valence-electron chi connectivity index (χ3n) is 6.53. The van der Waals surface area contributed by atoms with Crippen molar-refractivity contribution in [2.75, 3.05) is 30.4 Å². The van der Waals surface area contributed by atoms with Crippen LogP contribution in [0.4, 0.5) is 14.9 Å². The molecular formula is C20H28FN7O3. The first-order valence-corrected chi connectivity index (χ1v) is 10.4. The van der Waals surface area contributed by atoms with E-state index in [1.807, 2.05) is 11.8 Å². The maximum atomic E-state index is 15.3. The van der Waals surface area contributed by atoms with Crippen molar-refractivity contribution >= 4 is 22.6 Å². The molecule has 1 saturated heterocycles. The topological polar surface area (TPSA) is 154 Å². The van der Waals surface area contributed by atoms with Crippen molar-refractivity contribution in [1.29, 1.82) is 0 Å². The van der Waals surface area contributed by atoms with Gasteiger partial charge in [0, 0.05) is 37.3 Å². The number of aryl methyl sites for hydroxylation is 1. The van der Waals surface area contributed by atoms with Crippen LogP contribution in [0.3, 0.4) is 0 Å². The number of hydrogen-bond acceptors (Lipinski definition) is 6. The number of nitrogens with one attached hydrogen (secondary N) is 1. The lowest BCUT2D eigenvalue weighted by atomic mass is 9.91. The molecule has 0 radical (unpaired) electrons. The van der Waals surface area contributed by atoms with Gasteiger partial charge >= 0.3 is 11.7 Å². The van der Waals surface area contributed by atoms with Crippen molar-refractivity contribution in [2.45, 2.75) is 38.8 Å². The van der Waals surface area contributed by atoms with Gasteiger partial charge in [0.2, 0.25) is 0 Å². The molecule has 1 aromatic heterocycles. The molecule has 3 atom stereocenters. The number of nitrogen functional groups attached to an aromatic ring is 1. The highest BCUT2D eigenvalue weighted by Crippen LogP contribution is 2.40. The molecule has 2 aliphatic rings. The summed E-state index contributed by atoms with van der Waals surface area (Å²) in [5.74, 6) is 5.28. The molecule has 168 valence electrons. The summed E-state index contributed by atoms with van der Waals surface area (Å²) in [5.41, 5.74) is 11.4. The average molecular weight is 433 g/mol. The zero-order chi connectivity index (χ0) is 22.6. The molecule has 0 bridgehead atoms. The Kier molecular flexibility index (Phi) is 5.16. The third-order valence-corrected chi connectivity index (χ3v) is 6.53. The zero-order valence-corrected chi connectivity index (χ0v) is 17.6. The Morgan fingerprint density at radius 1 is 1.32 bits per heavy atom. The minimum atomic E-state index is -0.710. The Morgan fingerprint density at radius 3 is 2.61 bits per heavy atom. The molecule has 2 amide bonds. The number of carbonyl (C=O) groups excluding carboxylic acids is 1. The predicted octanol–water partition coefficient (Wildman–Crippen LogP) is -0.273. The number of anilines is 1. The number of urea groups is 1. The predicted molar refractivity (Wildman–Crippen MR) is 116 cm³/mol. The van der Waals surface area contributed by atoms with Gasteiger partial charge in [0.1, 0.15) is 5.82 Å². The summed E-state index contributed by atoms with van der Waals surface area (Å²) in [4.78, 5) is 38.2. The van der Waals surface area contributed by atoms with E-state index in [4.69, 9.17) is 17.3 Å². The van der Waals surface area contributed by atoms with E-state index in [9.17, 15) is 14.4 Å². The molecule has 1 saturated carbocycles. The lowest BCUT2D eigenvalue weighted by Gasteiger charge is -2.25. The molecule has 10 nitrogen and oxygen atoms in total. The van der Waals surface area contributed by atoms with Gasteiger partial charge in [-0.3, -0.25) is 9.36 Å². The van der Waals surface area contributed by atoms with Crippen LogP contribution in [-0.4, -0.2) is 41.0 Å². The number of fused-ring (bicyclic) bond motifs is 1. The van der Waals surface area contributed by atoms with Gasteiger partial charge in [0.25, 0.3) is 5.56 Å². The summed E-state index contributed by atoms with van der Waals surface area (Å²) in [5, 5.41) is 2.62. The van der Waals surface area contributed by atoms with Crippen molar-refractivity contribution in [3.05, 3.63) is 38.3 Å². The largest absolute Gasteiger partial charge is 0.368 e. The van der Waals surface area contributed by atoms with Crippen LogP contribution in [0.2, 0.25) is 0 Å². The molecule has 1 aliphatic heterocycles. The highest BCUT2D eigenvalue weighted by atomic mass is 19.1. The van der Waals surface area contributed by atoms with Gasteiger partial charge in [0.05, 0.1) is 16.6 Å². The third kappa shape index (κ3) is 3.52. The second kappa shape index (κ2) is 7.56. The molecule has 11 heteroatoms. The Balaban J connectivity index is 1.78. The fraction of sp³-hybridized carbons (Fsp3) is 0.550. The van der Waals surface area contributed by atoms with E-state index in [0.717, 1.165) is 12.8 Å². The maximum absolute atomic E-state index is 15.3. The number of nitrogens with two attached hydrogens (primary N) is 3. The van der Waals surface area contributed by atoms with E-state index in [-0.39, 0.29) is 35.9 Å². The van der Waals surface area contributed by atoms with Gasteiger partial charge in [0.15, 0.2) is 0 Å². The normalized spacial score (nSPS) is 22.1. The van der Waals surface area contributed by atoms with Crippen LogP contribution >= 0.6 is 0 Å². The molecule has 0 spiro atoms. The van der Waals surface area contributed by atoms with Crippen LogP contribution in [0, 0.1) is 24.6 Å². The number of primary amides is 1. The first-order valence-electron chi connectivity index (χ1n) is 10.4. The minimum Gasteiger partial charge on any atom is -0.368 e. The molecule has 0 unspecified atom stereocenters. The Bertz CT molecular complexity index is 1170. The van der Waals surface area contributed by atoms with E-state index < -0.39 is 23.1 Å². The molecule has 4 rings (SSSR count). The van der Waals surface area contributed by atoms with Crippen LogP contribution in [0.1, 0.15) is 31.4 Å². The van der Waals surface area contributed by atoms with Crippen molar-refractivity contribution in [3.8, 4) is 0 Å². The lowest BCUT2D eigenvalue weighted by Crippen LogP contribution is -2.46. The molecule has 2 fully saturated rings. The Morgan fingerprint density at radius 2 is 2.00 bits per heavy atom. The van der Waals surface area contributed by atoms with Crippen molar-refractivity contribution in [2.24, 2.45) is 23.3 Å². The maximum Gasteiger partial charge on any atom is 0.350 e. The molecule has 1 aromatic carbocycles. The standard InChI is InChI=1S/C20H28FN7O3/c1-9-7-26(8-13(9)15(22)6-25-19(23)30)17-10(2)16-12(5-14(17)21)18(29)28(24)20(31)27(16)11-3-4-11/h5,9,11,13,15H,3-4,6-8,22,24H2,1-2H3,(H3,23,25,30)/t9-,13+,15-/m1/s1. The van der Waals surface area contributed by atoms with Gasteiger partial charge in [-0.15, -0.1) is 0 Å². The van der Waals surface area contributed by atoms with Gasteiger partial charge in [-0.2, -0.15) is 4.68 Å². The van der Waals surface area contributed by atoms with Crippen molar-refractivity contribution < 1.29 is 9.18 Å². The number of carbonyl (C=O) groups is 1. The Labute approximate surface area is 177 Å². The molecule has 31 heavy (non-hydrogen) atoms. The number of amides is 2. The second-order valence-electron chi connectivity index (χ2n) is 8.74. The van der Waals surface area contributed by atoms with Crippen LogP contribution in [-0.2, 0) is 0 Å². The number of hydrogen-bond donors (Lipinski definition) is 4. The van der Waals surface area contributed by atoms with Gasteiger partial charge in [-0.05, 0) is 37.7 Å². The molecule has 7 N–H and O–H groups in total. The van der Waals surface area contributed by atoms with Crippen molar-refractivity contribution in [1.82, 2.24) is 14.6 Å². The number of nitrogens with zero attached hydrogens (tertiary/aromatic N) is 3. The zero-order valence-electron chi connectivity index (χ0n) is 17.6. The number of halogens is 1. The number of benzene rings is 1. The van der Waals surface area contributed by atoms with E-state index in [2.05, 4.69) is 5.32 Å². The number of rotatable bonds is 5. The summed E-state index contributed by atoms with van der Waals surface area (Å²) in [6.45, 7) is 5.02. The van der Waals surface area contributed by atoms with Gasteiger partial charge < -0.3 is 27.5 Å². The highest BCUT2D eigenvalue weighted by Gasteiger charge is 2.37. The van der Waals surface area contributed by atoms with Gasteiger partial charge in [-0.25, -0.2) is 14.0 Å². The molecule has 2 heterocycles. The summed E-state index contributed by atoms with van der Waals surface area (Å²) in [7, 11) is 0. The average Bonchev–Trinajstić information content (AvgIpc) is 3.47. The van der Waals surface area contributed by atoms with Crippen LogP contribution in [0.25, 0.3) is 10.9 Å². The van der Waals surface area contributed by atoms with E-state index in [1.54, 1.807) is 6.92 Å². The summed E-state index contributed by atoms with van der Waals surface area (Å²) in [6, 6.07) is 0.151. The van der Waals surface area contributed by atoms with Crippen LogP contribution in [0.15, 0.2) is 15.7 Å². The van der Waals surface area contributed by atoms with Crippen LogP contribution in [0.5, 0.6) is 0 Å². The quantitative estimate of drug-likeness (QED) is 0.476. The summed E-state index contributed by atoms with van der Waals surface area (Å²) in [6.07, 6.45) is 1.62. The summed E-state index contributed by atoms with van der Waals surface area (Å²) < 4.78 is 17.4. The molecule has 2 aromatic rings. The van der Waals surface area contributed by atoms with E-state index >= 15 is 4.39 Å². The second-order valence-corrected chi connectivity index (χ2v) is 8.74. The van der Waals surface area contributed by atoms with Crippen molar-refractivity contribution in [3.63, 3.8) is 0 Å². The monoisotopic (exact) mass is 433 g/mol. The smallest absolute Gasteiger partial charge is 0.350 e. The molecular weight excluding hydrogens is 405 g/mol. The SMILES string of the molecule is Cc1c(N2C[C@H]([C@H](N)CNC(N)=O)[C@H](C)C2)c(F)cc2c(=O)n(N)c(=O)n(C3CC3)c12. The van der Waals surface area contributed by atoms with E-state index in [0.29, 0.717) is 34.5 Å². The summed E-state index contributed by atoms with van der Waals surface area (Å²) >= 11 is 0. The Hall–Kier alpha value is -3.08. The first kappa shape index (κ1) is 21.2. The first-order chi connectivity index (χ1) is 14.6. The van der Waals surface area contributed by atoms with Crippen LogP contribution < -0.4 is 38.8 Å². The van der Waals surface area contributed by atoms with Gasteiger partial charge in [-0.1, -0.05) is 6.92 Å². The fourth-order valence-corrected chi connectivity index (χ4v) is 4.82. The highest BCUT2D eigenvalue weighted by molar-refractivity contribution is 5.87. The fourth-order valence-electron chi connectivity index (χ4n) is 4.82.